The monoisotopic (exact) mass is 701 g/mol. The molecule has 1 aliphatic carbocycles. The average Bonchev–Trinajstić information content (AvgIpc) is 3.58. The van der Waals surface area contributed by atoms with E-state index in [1.165, 1.54) is 38.9 Å². The zero-order valence-electron chi connectivity index (χ0n) is 30.0. The van der Waals surface area contributed by atoms with E-state index in [-0.39, 0.29) is 0 Å². The maximum atomic E-state index is 5.04. The lowest BCUT2D eigenvalue weighted by molar-refractivity contribution is 0.769. The molecule has 0 spiro atoms. The van der Waals surface area contributed by atoms with E-state index in [0.717, 1.165) is 33.4 Å². The Kier molecular flexibility index (Phi) is 8.04. The molecule has 0 amide bonds. The molecule has 0 radical (unpaired) electrons. The molecule has 0 unspecified atom stereocenters. The molecule has 10 rings (SSSR count). The SMILES string of the molecule is c1ccc(-c2nc(-c3ccccc3)nc(-c3ccccc3-c3ccc(-c4ccc5c(c4)C(c4ccccc4)(c4ccccc4)c4ccccc4-5)cc3)n2)cc1. The first-order valence-electron chi connectivity index (χ1n) is 18.7. The Hall–Kier alpha value is -7.23. The second-order valence-electron chi connectivity index (χ2n) is 13.9. The Morgan fingerprint density at radius 1 is 0.255 bits per heavy atom. The molecule has 0 saturated carbocycles. The molecule has 0 N–H and O–H groups in total. The number of nitrogens with zero attached hydrogens (tertiary/aromatic N) is 3. The number of fused-ring (bicyclic) bond motifs is 3. The van der Waals surface area contributed by atoms with Crippen LogP contribution in [0.2, 0.25) is 0 Å². The summed E-state index contributed by atoms with van der Waals surface area (Å²) in [7, 11) is 0. The third-order valence-electron chi connectivity index (χ3n) is 10.9. The maximum Gasteiger partial charge on any atom is 0.164 e. The maximum absolute atomic E-state index is 5.04. The molecule has 0 bridgehead atoms. The third kappa shape index (κ3) is 5.57. The van der Waals surface area contributed by atoms with E-state index in [1.807, 2.05) is 60.7 Å². The van der Waals surface area contributed by atoms with Gasteiger partial charge in [0.25, 0.3) is 0 Å². The van der Waals surface area contributed by atoms with Crippen LogP contribution in [0.25, 0.3) is 67.5 Å². The number of rotatable bonds is 7. The molecule has 3 nitrogen and oxygen atoms in total. The van der Waals surface area contributed by atoms with Crippen molar-refractivity contribution in [3.63, 3.8) is 0 Å². The standard InChI is InChI=1S/C52H35N3/c1-5-17-38(18-6-1)49-53-50(39-19-7-2-8-20-39)55-51(54-49)46-27-14-13-25-43(46)37-31-29-36(30-32-37)40-33-34-45-44-26-15-16-28-47(44)52(48(45)35-40,41-21-9-3-10-22-41)42-23-11-4-12-24-42/h1-35H. The number of hydrogen-bond acceptors (Lipinski definition) is 3. The van der Waals surface area contributed by atoms with E-state index in [1.54, 1.807) is 0 Å². The summed E-state index contributed by atoms with van der Waals surface area (Å²) in [5, 5.41) is 0. The van der Waals surface area contributed by atoms with Crippen LogP contribution in [0.4, 0.5) is 0 Å². The van der Waals surface area contributed by atoms with Crippen molar-refractivity contribution >= 4 is 0 Å². The van der Waals surface area contributed by atoms with Crippen molar-refractivity contribution in [1.29, 1.82) is 0 Å². The summed E-state index contributed by atoms with van der Waals surface area (Å²) in [6.07, 6.45) is 0. The van der Waals surface area contributed by atoms with Gasteiger partial charge in [-0.25, -0.2) is 15.0 Å². The first-order chi connectivity index (χ1) is 27.3. The first-order valence-corrected chi connectivity index (χ1v) is 18.7. The van der Waals surface area contributed by atoms with Crippen LogP contribution in [-0.4, -0.2) is 15.0 Å². The lowest BCUT2D eigenvalue weighted by Gasteiger charge is -2.34. The molecule has 9 aromatic rings. The summed E-state index contributed by atoms with van der Waals surface area (Å²) in [4.78, 5) is 15.0. The Labute approximate surface area is 321 Å². The Morgan fingerprint density at radius 3 is 1.25 bits per heavy atom. The fourth-order valence-corrected chi connectivity index (χ4v) is 8.33. The molecule has 0 fully saturated rings. The molecule has 3 heteroatoms. The van der Waals surface area contributed by atoms with Gasteiger partial charge in [-0.05, 0) is 61.7 Å². The van der Waals surface area contributed by atoms with E-state index < -0.39 is 5.41 Å². The van der Waals surface area contributed by atoms with Crippen molar-refractivity contribution in [1.82, 2.24) is 15.0 Å². The van der Waals surface area contributed by atoms with Gasteiger partial charge in [-0.1, -0.05) is 206 Å². The van der Waals surface area contributed by atoms with Crippen LogP contribution in [0.3, 0.4) is 0 Å². The van der Waals surface area contributed by atoms with Crippen LogP contribution in [0, 0.1) is 0 Å². The van der Waals surface area contributed by atoms with Gasteiger partial charge in [0.2, 0.25) is 0 Å². The van der Waals surface area contributed by atoms with E-state index in [9.17, 15) is 0 Å². The lowest BCUT2D eigenvalue weighted by Crippen LogP contribution is -2.28. The normalized spacial score (nSPS) is 12.5. The smallest absolute Gasteiger partial charge is 0.164 e. The second kappa shape index (κ2) is 13.6. The van der Waals surface area contributed by atoms with Crippen LogP contribution >= 0.6 is 0 Å². The fourth-order valence-electron chi connectivity index (χ4n) is 8.33. The van der Waals surface area contributed by atoms with Crippen LogP contribution in [0.15, 0.2) is 212 Å². The average molecular weight is 702 g/mol. The topological polar surface area (TPSA) is 38.7 Å². The Morgan fingerprint density at radius 2 is 0.673 bits per heavy atom. The first kappa shape index (κ1) is 32.4. The summed E-state index contributed by atoms with van der Waals surface area (Å²) < 4.78 is 0. The highest BCUT2D eigenvalue weighted by Crippen LogP contribution is 2.56. The van der Waals surface area contributed by atoms with Gasteiger partial charge >= 0.3 is 0 Å². The minimum atomic E-state index is -0.439. The quantitative estimate of drug-likeness (QED) is 0.166. The minimum absolute atomic E-state index is 0.439. The highest BCUT2D eigenvalue weighted by Gasteiger charge is 2.46. The van der Waals surface area contributed by atoms with Crippen molar-refractivity contribution < 1.29 is 0 Å². The molecular weight excluding hydrogens is 667 g/mol. The van der Waals surface area contributed by atoms with E-state index in [0.29, 0.717) is 17.5 Å². The van der Waals surface area contributed by atoms with Crippen LogP contribution < -0.4 is 0 Å². The molecule has 55 heavy (non-hydrogen) atoms. The highest BCUT2D eigenvalue weighted by atomic mass is 15.0. The second-order valence-corrected chi connectivity index (χ2v) is 13.9. The number of benzene rings is 8. The molecule has 1 heterocycles. The summed E-state index contributed by atoms with van der Waals surface area (Å²) in [5.41, 5.74) is 14.6. The van der Waals surface area contributed by atoms with Gasteiger partial charge in [0.15, 0.2) is 17.5 Å². The molecule has 1 aliphatic rings. The van der Waals surface area contributed by atoms with Gasteiger partial charge in [0.1, 0.15) is 0 Å². The van der Waals surface area contributed by atoms with Crippen LogP contribution in [0.5, 0.6) is 0 Å². The van der Waals surface area contributed by atoms with Gasteiger partial charge in [0.05, 0.1) is 5.41 Å². The molecule has 0 atom stereocenters. The van der Waals surface area contributed by atoms with Crippen molar-refractivity contribution in [2.45, 2.75) is 5.41 Å². The number of aromatic nitrogens is 3. The van der Waals surface area contributed by atoms with Crippen molar-refractivity contribution in [3.8, 4) is 67.5 Å². The Balaban J connectivity index is 1.08. The van der Waals surface area contributed by atoms with Gasteiger partial charge in [0, 0.05) is 16.7 Å². The Bertz CT molecular complexity index is 2680. The summed E-state index contributed by atoms with van der Waals surface area (Å²) in [5.74, 6) is 1.94. The summed E-state index contributed by atoms with van der Waals surface area (Å²) in [6, 6.07) is 75.4. The van der Waals surface area contributed by atoms with Gasteiger partial charge < -0.3 is 0 Å². The van der Waals surface area contributed by atoms with Gasteiger partial charge in [-0.15, -0.1) is 0 Å². The summed E-state index contributed by atoms with van der Waals surface area (Å²) in [6.45, 7) is 0. The largest absolute Gasteiger partial charge is 0.208 e. The summed E-state index contributed by atoms with van der Waals surface area (Å²) >= 11 is 0. The van der Waals surface area contributed by atoms with Crippen LogP contribution in [0.1, 0.15) is 22.3 Å². The molecule has 258 valence electrons. The van der Waals surface area contributed by atoms with Gasteiger partial charge in [-0.2, -0.15) is 0 Å². The van der Waals surface area contributed by atoms with E-state index in [4.69, 9.17) is 15.0 Å². The third-order valence-corrected chi connectivity index (χ3v) is 10.9. The zero-order chi connectivity index (χ0) is 36.6. The fraction of sp³-hybridized carbons (Fsp3) is 0.0192. The molecule has 0 saturated heterocycles. The lowest BCUT2D eigenvalue weighted by atomic mass is 9.67. The molecule has 8 aromatic carbocycles. The van der Waals surface area contributed by atoms with E-state index in [2.05, 4.69) is 152 Å². The molecular formula is C52H35N3. The van der Waals surface area contributed by atoms with E-state index >= 15 is 0 Å². The molecule has 0 aliphatic heterocycles. The molecule has 1 aromatic heterocycles. The highest BCUT2D eigenvalue weighted by molar-refractivity contribution is 5.89. The van der Waals surface area contributed by atoms with Crippen molar-refractivity contribution in [2.24, 2.45) is 0 Å². The van der Waals surface area contributed by atoms with Crippen molar-refractivity contribution in [3.05, 3.63) is 235 Å². The predicted molar refractivity (Wildman–Crippen MR) is 224 cm³/mol. The zero-order valence-corrected chi connectivity index (χ0v) is 30.0. The predicted octanol–water partition coefficient (Wildman–Crippen LogP) is 12.6. The van der Waals surface area contributed by atoms with Gasteiger partial charge in [-0.3, -0.25) is 0 Å². The minimum Gasteiger partial charge on any atom is -0.208 e. The van der Waals surface area contributed by atoms with Crippen LogP contribution in [-0.2, 0) is 5.41 Å². The number of hydrogen-bond donors (Lipinski definition) is 0. The van der Waals surface area contributed by atoms with Crippen molar-refractivity contribution in [2.75, 3.05) is 0 Å².